The Balaban J connectivity index is 1.62. The van der Waals surface area contributed by atoms with Gasteiger partial charge in [-0.3, -0.25) is 4.79 Å². The molecule has 0 spiro atoms. The number of carbonyl (C=O) groups excluding carboxylic acids is 1. The highest BCUT2D eigenvalue weighted by Gasteiger charge is 2.30. The summed E-state index contributed by atoms with van der Waals surface area (Å²) >= 11 is 1.57. The zero-order valence-corrected chi connectivity index (χ0v) is 14.1. The van der Waals surface area contributed by atoms with Crippen molar-refractivity contribution in [2.75, 3.05) is 26.2 Å². The maximum absolute atomic E-state index is 13.6. The fraction of sp³-hybridized carbons (Fsp3) is 0.389. The quantitative estimate of drug-likeness (QED) is 0.909. The first-order chi connectivity index (χ1) is 11.7. The van der Waals surface area contributed by atoms with Gasteiger partial charge in [0.1, 0.15) is 5.82 Å². The van der Waals surface area contributed by atoms with Crippen LogP contribution in [0.5, 0.6) is 0 Å². The van der Waals surface area contributed by atoms with Crippen molar-refractivity contribution in [1.82, 2.24) is 10.2 Å². The molecule has 2 aliphatic rings. The second-order valence-corrected chi connectivity index (χ2v) is 7.27. The summed E-state index contributed by atoms with van der Waals surface area (Å²) in [5.74, 6) is -0.237. The zero-order chi connectivity index (χ0) is 16.5. The molecule has 1 saturated heterocycles. The zero-order valence-electron chi connectivity index (χ0n) is 13.3. The molecule has 1 fully saturated rings. The molecule has 2 aromatic rings. The van der Waals surface area contributed by atoms with E-state index in [1.165, 1.54) is 17.0 Å². The van der Waals surface area contributed by atoms with Crippen molar-refractivity contribution in [1.29, 1.82) is 0 Å². The molecule has 1 aromatic carbocycles. The standard InChI is InChI=1S/C18H19FN2O2S/c19-14-3-1-2-12(8-14)15-10-20-5-6-21(15)18(22)17-9-13-11-23-7-4-16(13)24-17/h1-3,8-9,15,20H,4-7,10-11H2. The Bertz CT molecular complexity index is 738. The molecule has 0 bridgehead atoms. The summed E-state index contributed by atoms with van der Waals surface area (Å²) in [6.45, 7) is 3.34. The fourth-order valence-electron chi connectivity index (χ4n) is 3.35. The minimum Gasteiger partial charge on any atom is -0.376 e. The molecule has 1 N–H and O–H groups in total. The molecule has 1 atom stereocenters. The number of ether oxygens (including phenoxy) is 1. The lowest BCUT2D eigenvalue weighted by atomic mass is 10.0. The average molecular weight is 346 g/mol. The van der Waals surface area contributed by atoms with Crippen molar-refractivity contribution in [3.8, 4) is 0 Å². The molecular weight excluding hydrogens is 327 g/mol. The van der Waals surface area contributed by atoms with Gasteiger partial charge in [0.25, 0.3) is 5.91 Å². The number of amides is 1. The SMILES string of the molecule is O=C(c1cc2c(s1)CCOC2)N1CCNCC1c1cccc(F)c1. The Morgan fingerprint density at radius 2 is 2.29 bits per heavy atom. The van der Waals surface area contributed by atoms with Crippen molar-refractivity contribution in [2.24, 2.45) is 0 Å². The molecule has 3 heterocycles. The summed E-state index contributed by atoms with van der Waals surface area (Å²) < 4.78 is 19.1. The number of thiophene rings is 1. The van der Waals surface area contributed by atoms with E-state index in [2.05, 4.69) is 5.32 Å². The third-order valence-electron chi connectivity index (χ3n) is 4.58. The molecule has 0 saturated carbocycles. The van der Waals surface area contributed by atoms with Crippen LogP contribution in [0.3, 0.4) is 0 Å². The molecule has 1 amide bonds. The van der Waals surface area contributed by atoms with Crippen LogP contribution in [-0.4, -0.2) is 37.0 Å². The summed E-state index contributed by atoms with van der Waals surface area (Å²) in [5, 5.41) is 3.31. The lowest BCUT2D eigenvalue weighted by Crippen LogP contribution is -2.48. The van der Waals surface area contributed by atoms with E-state index in [1.54, 1.807) is 17.4 Å². The Morgan fingerprint density at radius 3 is 3.12 bits per heavy atom. The van der Waals surface area contributed by atoms with Gasteiger partial charge in [0, 0.05) is 30.9 Å². The molecule has 1 unspecified atom stereocenters. The van der Waals surface area contributed by atoms with Crippen LogP contribution in [0, 0.1) is 5.82 Å². The average Bonchev–Trinajstić information content (AvgIpc) is 3.05. The third-order valence-corrected chi connectivity index (χ3v) is 5.80. The number of halogens is 1. The lowest BCUT2D eigenvalue weighted by molar-refractivity contribution is 0.0638. The second kappa shape index (κ2) is 6.63. The normalized spacial score (nSPS) is 20.7. The van der Waals surface area contributed by atoms with Gasteiger partial charge in [0.2, 0.25) is 0 Å². The predicted molar refractivity (Wildman–Crippen MR) is 90.7 cm³/mol. The molecule has 0 aliphatic carbocycles. The smallest absolute Gasteiger partial charge is 0.264 e. The highest BCUT2D eigenvalue weighted by molar-refractivity contribution is 7.14. The number of rotatable bonds is 2. The second-order valence-electron chi connectivity index (χ2n) is 6.14. The minimum absolute atomic E-state index is 0.0326. The van der Waals surface area contributed by atoms with Crippen LogP contribution in [0.25, 0.3) is 0 Å². The van der Waals surface area contributed by atoms with Gasteiger partial charge in [0.15, 0.2) is 0 Å². The lowest BCUT2D eigenvalue weighted by Gasteiger charge is -2.36. The van der Waals surface area contributed by atoms with E-state index < -0.39 is 0 Å². The van der Waals surface area contributed by atoms with Crippen molar-refractivity contribution in [3.63, 3.8) is 0 Å². The first-order valence-electron chi connectivity index (χ1n) is 8.19. The van der Waals surface area contributed by atoms with E-state index in [9.17, 15) is 9.18 Å². The minimum atomic E-state index is -0.269. The van der Waals surface area contributed by atoms with Crippen LogP contribution in [0.1, 0.15) is 31.7 Å². The van der Waals surface area contributed by atoms with E-state index in [0.29, 0.717) is 19.7 Å². The van der Waals surface area contributed by atoms with Gasteiger partial charge in [-0.2, -0.15) is 0 Å². The summed E-state index contributed by atoms with van der Waals surface area (Å²) in [4.78, 5) is 16.9. The van der Waals surface area contributed by atoms with Crippen molar-refractivity contribution in [3.05, 3.63) is 57.0 Å². The first kappa shape index (κ1) is 15.7. The van der Waals surface area contributed by atoms with Gasteiger partial charge in [0.05, 0.1) is 24.1 Å². The van der Waals surface area contributed by atoms with Crippen LogP contribution >= 0.6 is 11.3 Å². The fourth-order valence-corrected chi connectivity index (χ4v) is 4.46. The van der Waals surface area contributed by atoms with E-state index in [1.807, 2.05) is 17.0 Å². The van der Waals surface area contributed by atoms with E-state index >= 15 is 0 Å². The maximum Gasteiger partial charge on any atom is 0.264 e. The number of piperazine rings is 1. The molecule has 126 valence electrons. The van der Waals surface area contributed by atoms with Gasteiger partial charge >= 0.3 is 0 Å². The van der Waals surface area contributed by atoms with E-state index in [4.69, 9.17) is 4.74 Å². The summed E-state index contributed by atoms with van der Waals surface area (Å²) in [7, 11) is 0. The number of hydrogen-bond donors (Lipinski definition) is 1. The topological polar surface area (TPSA) is 41.6 Å². The summed E-state index contributed by atoms with van der Waals surface area (Å²) in [6.07, 6.45) is 0.877. The van der Waals surface area contributed by atoms with Crippen LogP contribution < -0.4 is 5.32 Å². The first-order valence-corrected chi connectivity index (χ1v) is 9.00. The maximum atomic E-state index is 13.6. The number of carbonyl (C=O) groups is 1. The molecule has 4 nitrogen and oxygen atoms in total. The van der Waals surface area contributed by atoms with Crippen molar-refractivity contribution < 1.29 is 13.9 Å². The van der Waals surface area contributed by atoms with Gasteiger partial charge in [-0.25, -0.2) is 4.39 Å². The van der Waals surface area contributed by atoms with Crippen LogP contribution in [-0.2, 0) is 17.8 Å². The van der Waals surface area contributed by atoms with Crippen molar-refractivity contribution in [2.45, 2.75) is 19.1 Å². The van der Waals surface area contributed by atoms with Gasteiger partial charge in [-0.15, -0.1) is 11.3 Å². The third kappa shape index (κ3) is 2.97. The molecule has 1 aromatic heterocycles. The monoisotopic (exact) mass is 346 g/mol. The van der Waals surface area contributed by atoms with Crippen LogP contribution in [0.4, 0.5) is 4.39 Å². The predicted octanol–water partition coefficient (Wildman–Crippen LogP) is 2.75. The number of nitrogens with zero attached hydrogens (tertiary/aromatic N) is 1. The van der Waals surface area contributed by atoms with E-state index in [-0.39, 0.29) is 17.8 Å². The Labute approximate surface area is 144 Å². The van der Waals surface area contributed by atoms with Crippen LogP contribution in [0.2, 0.25) is 0 Å². The number of nitrogens with one attached hydrogen (secondary N) is 1. The molecule has 6 heteroatoms. The highest BCUT2D eigenvalue weighted by Crippen LogP contribution is 2.31. The van der Waals surface area contributed by atoms with Crippen molar-refractivity contribution >= 4 is 17.2 Å². The number of fused-ring (bicyclic) bond motifs is 1. The number of benzene rings is 1. The van der Waals surface area contributed by atoms with Crippen LogP contribution in [0.15, 0.2) is 30.3 Å². The Morgan fingerprint density at radius 1 is 1.38 bits per heavy atom. The van der Waals surface area contributed by atoms with Gasteiger partial charge in [-0.1, -0.05) is 12.1 Å². The molecule has 4 rings (SSSR count). The highest BCUT2D eigenvalue weighted by atomic mass is 32.1. The Kier molecular flexibility index (Phi) is 4.35. The Hall–Kier alpha value is -1.76. The molecule has 2 aliphatic heterocycles. The molecule has 24 heavy (non-hydrogen) atoms. The van der Waals surface area contributed by atoms with E-state index in [0.717, 1.165) is 35.6 Å². The summed E-state index contributed by atoms with van der Waals surface area (Å²) in [6, 6.07) is 8.35. The largest absolute Gasteiger partial charge is 0.376 e. The van der Waals surface area contributed by atoms with Gasteiger partial charge in [-0.05, 0) is 29.3 Å². The molecule has 0 radical (unpaired) electrons. The molecular formula is C18H19FN2O2S. The number of hydrogen-bond acceptors (Lipinski definition) is 4. The summed E-state index contributed by atoms with van der Waals surface area (Å²) in [5.41, 5.74) is 1.97. The van der Waals surface area contributed by atoms with Gasteiger partial charge < -0.3 is 15.0 Å².